The summed E-state index contributed by atoms with van der Waals surface area (Å²) in [6, 6.07) is 5.63. The number of hydrogen-bond acceptors (Lipinski definition) is 4. The summed E-state index contributed by atoms with van der Waals surface area (Å²) in [4.78, 5) is 35.6. The predicted octanol–water partition coefficient (Wildman–Crippen LogP) is 0.779. The van der Waals surface area contributed by atoms with Gasteiger partial charge in [-0.3, -0.25) is 19.5 Å². The van der Waals surface area contributed by atoms with Gasteiger partial charge in [-0.2, -0.15) is 0 Å². The van der Waals surface area contributed by atoms with Gasteiger partial charge in [-0.25, -0.2) is 0 Å². The molecule has 0 aromatic carbocycles. The van der Waals surface area contributed by atoms with E-state index < -0.39 is 5.54 Å². The molecule has 1 aromatic rings. The molecule has 6 heteroatoms. The molecule has 3 rings (SSSR count). The molecule has 1 spiro atoms. The van der Waals surface area contributed by atoms with E-state index in [0.29, 0.717) is 19.5 Å². The summed E-state index contributed by atoms with van der Waals surface area (Å²) in [7, 11) is 1.88. The van der Waals surface area contributed by atoms with Gasteiger partial charge in [0.05, 0.1) is 6.42 Å². The van der Waals surface area contributed by atoms with Crippen molar-refractivity contribution in [2.24, 2.45) is 0 Å². The zero-order valence-electron chi connectivity index (χ0n) is 14.6. The number of pyridine rings is 1. The van der Waals surface area contributed by atoms with Crippen LogP contribution in [0.2, 0.25) is 0 Å². The highest BCUT2D eigenvalue weighted by Crippen LogP contribution is 2.33. The average molecular weight is 330 g/mol. The fourth-order valence-electron chi connectivity index (χ4n) is 3.96. The van der Waals surface area contributed by atoms with Crippen LogP contribution in [-0.2, 0) is 16.0 Å². The maximum absolute atomic E-state index is 12.8. The zero-order valence-corrected chi connectivity index (χ0v) is 14.6. The molecule has 2 aliphatic rings. The highest BCUT2D eigenvalue weighted by molar-refractivity contribution is 5.87. The van der Waals surface area contributed by atoms with Crippen LogP contribution in [0.15, 0.2) is 24.4 Å². The molecule has 130 valence electrons. The number of rotatable bonds is 3. The van der Waals surface area contributed by atoms with Crippen molar-refractivity contribution in [2.45, 2.75) is 31.7 Å². The summed E-state index contributed by atoms with van der Waals surface area (Å²) in [6.07, 6.45) is 3.48. The Labute approximate surface area is 143 Å². The van der Waals surface area contributed by atoms with Gasteiger partial charge in [-0.05, 0) is 31.5 Å². The first-order valence-electron chi connectivity index (χ1n) is 8.75. The molecular weight excluding hydrogens is 304 g/mol. The number of carbonyl (C=O) groups is 2. The van der Waals surface area contributed by atoms with Crippen LogP contribution < -0.4 is 0 Å². The molecular formula is C18H26N4O2. The molecule has 24 heavy (non-hydrogen) atoms. The molecule has 1 aromatic heterocycles. The number of amides is 2. The van der Waals surface area contributed by atoms with Crippen LogP contribution in [0, 0.1) is 0 Å². The van der Waals surface area contributed by atoms with Crippen LogP contribution in [-0.4, -0.2) is 76.8 Å². The van der Waals surface area contributed by atoms with Crippen molar-refractivity contribution < 1.29 is 9.59 Å². The maximum atomic E-state index is 12.8. The Kier molecular flexibility index (Phi) is 4.85. The SMILES string of the molecule is CCN1CCN(C)C(=O)C12CCN(C(=O)Cc1ccccn1)CC2. The molecule has 2 aliphatic heterocycles. The van der Waals surface area contributed by atoms with Gasteiger partial charge in [0.2, 0.25) is 11.8 Å². The van der Waals surface area contributed by atoms with Gasteiger partial charge < -0.3 is 9.80 Å². The van der Waals surface area contributed by atoms with Crippen molar-refractivity contribution in [3.05, 3.63) is 30.1 Å². The van der Waals surface area contributed by atoms with Crippen LogP contribution in [0.5, 0.6) is 0 Å². The van der Waals surface area contributed by atoms with Crippen LogP contribution in [0.25, 0.3) is 0 Å². The summed E-state index contributed by atoms with van der Waals surface area (Å²) in [5.41, 5.74) is 0.384. The van der Waals surface area contributed by atoms with E-state index in [1.807, 2.05) is 35.0 Å². The summed E-state index contributed by atoms with van der Waals surface area (Å²) >= 11 is 0. The number of carbonyl (C=O) groups excluding carboxylic acids is 2. The van der Waals surface area contributed by atoms with E-state index in [4.69, 9.17) is 0 Å². The molecule has 0 bridgehead atoms. The Morgan fingerprint density at radius 1 is 1.21 bits per heavy atom. The second-order valence-corrected chi connectivity index (χ2v) is 6.72. The van der Waals surface area contributed by atoms with Crippen LogP contribution in [0.1, 0.15) is 25.5 Å². The fourth-order valence-corrected chi connectivity index (χ4v) is 3.96. The minimum Gasteiger partial charge on any atom is -0.343 e. The minimum absolute atomic E-state index is 0.100. The van der Waals surface area contributed by atoms with Crippen molar-refractivity contribution in [3.63, 3.8) is 0 Å². The van der Waals surface area contributed by atoms with Crippen LogP contribution in [0.3, 0.4) is 0 Å². The molecule has 0 aliphatic carbocycles. The third-order valence-corrected chi connectivity index (χ3v) is 5.44. The molecule has 0 N–H and O–H groups in total. The molecule has 6 nitrogen and oxygen atoms in total. The second-order valence-electron chi connectivity index (χ2n) is 6.72. The predicted molar refractivity (Wildman–Crippen MR) is 91.4 cm³/mol. The van der Waals surface area contributed by atoms with E-state index in [1.54, 1.807) is 6.20 Å². The molecule has 0 unspecified atom stereocenters. The fraction of sp³-hybridized carbons (Fsp3) is 0.611. The van der Waals surface area contributed by atoms with Crippen LogP contribution in [0.4, 0.5) is 0 Å². The van der Waals surface area contributed by atoms with Crippen molar-refractivity contribution >= 4 is 11.8 Å². The summed E-state index contributed by atoms with van der Waals surface area (Å²) < 4.78 is 0. The third-order valence-electron chi connectivity index (χ3n) is 5.44. The minimum atomic E-state index is -0.413. The smallest absolute Gasteiger partial charge is 0.243 e. The number of piperazine rings is 1. The Morgan fingerprint density at radius 2 is 1.96 bits per heavy atom. The molecule has 3 heterocycles. The Hall–Kier alpha value is -1.95. The van der Waals surface area contributed by atoms with Crippen molar-refractivity contribution in [1.82, 2.24) is 19.7 Å². The lowest BCUT2D eigenvalue weighted by Gasteiger charge is -2.52. The van der Waals surface area contributed by atoms with E-state index in [-0.39, 0.29) is 11.8 Å². The van der Waals surface area contributed by atoms with Gasteiger partial charge >= 0.3 is 0 Å². The zero-order chi connectivity index (χ0) is 17.2. The molecule has 0 saturated carbocycles. The Morgan fingerprint density at radius 3 is 2.58 bits per heavy atom. The number of likely N-dealkylation sites (N-methyl/N-ethyl adjacent to an activating group) is 2. The lowest BCUT2D eigenvalue weighted by Crippen LogP contribution is -2.68. The van der Waals surface area contributed by atoms with E-state index in [9.17, 15) is 9.59 Å². The maximum Gasteiger partial charge on any atom is 0.243 e. The number of nitrogens with zero attached hydrogens (tertiary/aromatic N) is 4. The first-order chi connectivity index (χ1) is 11.6. The molecule has 0 atom stereocenters. The van der Waals surface area contributed by atoms with E-state index >= 15 is 0 Å². The summed E-state index contributed by atoms with van der Waals surface area (Å²) in [5, 5.41) is 0. The largest absolute Gasteiger partial charge is 0.343 e. The second kappa shape index (κ2) is 6.89. The van der Waals surface area contributed by atoms with Crippen molar-refractivity contribution in [3.8, 4) is 0 Å². The highest BCUT2D eigenvalue weighted by Gasteiger charge is 2.49. The van der Waals surface area contributed by atoms with Crippen molar-refractivity contribution in [1.29, 1.82) is 0 Å². The average Bonchev–Trinajstić information content (AvgIpc) is 2.61. The first-order valence-corrected chi connectivity index (χ1v) is 8.75. The Bertz CT molecular complexity index is 596. The number of likely N-dealkylation sites (tertiary alicyclic amines) is 1. The van der Waals surface area contributed by atoms with Gasteiger partial charge in [0.15, 0.2) is 0 Å². The number of hydrogen-bond donors (Lipinski definition) is 0. The quantitative estimate of drug-likeness (QED) is 0.822. The van der Waals surface area contributed by atoms with E-state index in [0.717, 1.165) is 38.2 Å². The first kappa shape index (κ1) is 16.9. The highest BCUT2D eigenvalue weighted by atomic mass is 16.2. The molecule has 2 amide bonds. The third kappa shape index (κ3) is 3.02. The Balaban J connectivity index is 1.66. The molecule has 2 saturated heterocycles. The van der Waals surface area contributed by atoms with Gasteiger partial charge in [0.25, 0.3) is 0 Å². The lowest BCUT2D eigenvalue weighted by molar-refractivity contribution is -0.156. The van der Waals surface area contributed by atoms with Gasteiger partial charge in [0, 0.05) is 45.1 Å². The molecule has 2 fully saturated rings. The summed E-state index contributed by atoms with van der Waals surface area (Å²) in [6.45, 7) is 5.97. The number of aromatic nitrogens is 1. The van der Waals surface area contributed by atoms with E-state index in [2.05, 4.69) is 16.8 Å². The number of piperidine rings is 1. The van der Waals surface area contributed by atoms with E-state index in [1.165, 1.54) is 0 Å². The normalized spacial score (nSPS) is 21.3. The van der Waals surface area contributed by atoms with Gasteiger partial charge in [-0.1, -0.05) is 13.0 Å². The lowest BCUT2D eigenvalue weighted by atomic mass is 9.82. The standard InChI is InChI=1S/C18H26N4O2/c1-3-22-13-12-20(2)17(24)18(22)7-10-21(11-8-18)16(23)14-15-6-4-5-9-19-15/h4-6,9H,3,7-8,10-14H2,1-2H3. The topological polar surface area (TPSA) is 56.8 Å². The van der Waals surface area contributed by atoms with Crippen LogP contribution >= 0.6 is 0 Å². The van der Waals surface area contributed by atoms with Crippen molar-refractivity contribution in [2.75, 3.05) is 39.8 Å². The molecule has 0 radical (unpaired) electrons. The monoisotopic (exact) mass is 330 g/mol. The van der Waals surface area contributed by atoms with Gasteiger partial charge in [0.1, 0.15) is 5.54 Å². The van der Waals surface area contributed by atoms with Gasteiger partial charge in [-0.15, -0.1) is 0 Å². The summed E-state index contributed by atoms with van der Waals surface area (Å²) in [5.74, 6) is 0.315.